The van der Waals surface area contributed by atoms with Crippen LogP contribution in [0, 0.1) is 0 Å². The molecule has 4 nitrogen and oxygen atoms in total. The van der Waals surface area contributed by atoms with Crippen molar-refractivity contribution >= 4 is 33.2 Å². The molecular formula is C18H21Cl2NO3S. The highest BCUT2D eigenvalue weighted by Gasteiger charge is 2.13. The van der Waals surface area contributed by atoms with E-state index >= 15 is 0 Å². The molecule has 136 valence electrons. The predicted octanol–water partition coefficient (Wildman–Crippen LogP) is 4.44. The van der Waals surface area contributed by atoms with E-state index in [1.165, 1.54) is 11.6 Å². The van der Waals surface area contributed by atoms with Gasteiger partial charge in [0, 0.05) is 16.6 Å². The van der Waals surface area contributed by atoms with Crippen molar-refractivity contribution in [1.82, 2.24) is 4.72 Å². The van der Waals surface area contributed by atoms with Gasteiger partial charge < -0.3 is 4.74 Å². The molecule has 0 fully saturated rings. The average molecular weight is 402 g/mol. The van der Waals surface area contributed by atoms with Crippen LogP contribution in [-0.4, -0.2) is 21.6 Å². The molecule has 0 saturated carbocycles. The molecule has 0 aliphatic rings. The Bertz CT molecular complexity index is 792. The lowest BCUT2D eigenvalue weighted by atomic mass is 10.1. The smallest absolute Gasteiger partial charge is 0.215 e. The number of hydrogen-bond acceptors (Lipinski definition) is 3. The standard InChI is InChI=1S/C18H21Cl2NO3S/c1-2-3-14-4-8-17(9-5-14)24-11-10-21-25(22,23)13-15-6-7-16(19)12-18(15)20/h4-9,12,21H,2-3,10-11,13H2,1H3. The molecule has 0 aromatic heterocycles. The lowest BCUT2D eigenvalue weighted by Gasteiger charge is -2.10. The fraction of sp³-hybridized carbons (Fsp3) is 0.333. The zero-order valence-corrected chi connectivity index (χ0v) is 16.3. The summed E-state index contributed by atoms with van der Waals surface area (Å²) in [6, 6.07) is 12.6. The predicted molar refractivity (Wildman–Crippen MR) is 103 cm³/mol. The zero-order chi connectivity index (χ0) is 18.3. The Kier molecular flexibility index (Phi) is 7.56. The molecule has 2 aromatic carbocycles. The summed E-state index contributed by atoms with van der Waals surface area (Å²) in [6.45, 7) is 2.57. The van der Waals surface area contributed by atoms with Crippen LogP contribution >= 0.6 is 23.2 Å². The van der Waals surface area contributed by atoms with Gasteiger partial charge in [0.25, 0.3) is 0 Å². The molecule has 0 aliphatic heterocycles. The average Bonchev–Trinajstić information content (AvgIpc) is 2.56. The number of rotatable bonds is 9. The number of sulfonamides is 1. The highest BCUT2D eigenvalue weighted by Crippen LogP contribution is 2.22. The Morgan fingerprint density at radius 2 is 1.80 bits per heavy atom. The normalized spacial score (nSPS) is 11.5. The van der Waals surface area contributed by atoms with Crippen molar-refractivity contribution < 1.29 is 13.2 Å². The molecule has 25 heavy (non-hydrogen) atoms. The van der Waals surface area contributed by atoms with Crippen molar-refractivity contribution in [3.8, 4) is 5.75 Å². The minimum absolute atomic E-state index is 0.185. The molecule has 0 aliphatic carbocycles. The zero-order valence-electron chi connectivity index (χ0n) is 14.0. The van der Waals surface area contributed by atoms with E-state index in [2.05, 4.69) is 11.6 Å². The summed E-state index contributed by atoms with van der Waals surface area (Å²) < 4.78 is 32.3. The number of aryl methyl sites for hydroxylation is 1. The molecule has 0 amide bonds. The quantitative estimate of drug-likeness (QED) is 0.631. The van der Waals surface area contributed by atoms with Crippen molar-refractivity contribution in [3.05, 3.63) is 63.6 Å². The van der Waals surface area contributed by atoms with E-state index in [4.69, 9.17) is 27.9 Å². The molecule has 0 heterocycles. The van der Waals surface area contributed by atoms with Crippen LogP contribution in [-0.2, 0) is 22.2 Å². The van der Waals surface area contributed by atoms with Gasteiger partial charge >= 0.3 is 0 Å². The first kappa shape index (κ1) is 20.0. The Balaban J connectivity index is 1.79. The van der Waals surface area contributed by atoms with Gasteiger partial charge in [0.2, 0.25) is 10.0 Å². The van der Waals surface area contributed by atoms with E-state index in [9.17, 15) is 8.42 Å². The summed E-state index contributed by atoms with van der Waals surface area (Å²) in [7, 11) is -3.50. The van der Waals surface area contributed by atoms with Crippen LogP contribution in [0.2, 0.25) is 10.0 Å². The molecule has 7 heteroatoms. The van der Waals surface area contributed by atoms with E-state index in [-0.39, 0.29) is 18.9 Å². The molecule has 1 N–H and O–H groups in total. The van der Waals surface area contributed by atoms with Gasteiger partial charge in [-0.15, -0.1) is 0 Å². The molecule has 0 unspecified atom stereocenters. The number of hydrogen-bond donors (Lipinski definition) is 1. The second-order valence-corrected chi connectivity index (χ2v) is 8.28. The van der Waals surface area contributed by atoms with Crippen LogP contribution in [0.25, 0.3) is 0 Å². The van der Waals surface area contributed by atoms with Gasteiger partial charge in [-0.2, -0.15) is 0 Å². The van der Waals surface area contributed by atoms with Crippen LogP contribution in [0.15, 0.2) is 42.5 Å². The third kappa shape index (κ3) is 6.86. The number of halogens is 2. The monoisotopic (exact) mass is 401 g/mol. The second-order valence-electron chi connectivity index (χ2n) is 5.63. The lowest BCUT2D eigenvalue weighted by Crippen LogP contribution is -2.29. The molecule has 2 rings (SSSR count). The number of ether oxygens (including phenoxy) is 1. The topological polar surface area (TPSA) is 55.4 Å². The largest absolute Gasteiger partial charge is 0.492 e. The van der Waals surface area contributed by atoms with Crippen LogP contribution < -0.4 is 9.46 Å². The van der Waals surface area contributed by atoms with Crippen LogP contribution in [0.5, 0.6) is 5.75 Å². The second kappa shape index (κ2) is 9.43. The summed E-state index contributed by atoms with van der Waals surface area (Å²) in [6.07, 6.45) is 2.13. The van der Waals surface area contributed by atoms with Gasteiger partial charge in [0.15, 0.2) is 0 Å². The third-order valence-electron chi connectivity index (χ3n) is 3.52. The molecule has 0 saturated heterocycles. The minimum Gasteiger partial charge on any atom is -0.492 e. The highest BCUT2D eigenvalue weighted by molar-refractivity contribution is 7.88. The molecular weight excluding hydrogens is 381 g/mol. The number of benzene rings is 2. The van der Waals surface area contributed by atoms with E-state index in [0.717, 1.165) is 18.6 Å². The first-order valence-corrected chi connectivity index (χ1v) is 10.4. The summed E-state index contributed by atoms with van der Waals surface area (Å²) in [5, 5.41) is 0.804. The van der Waals surface area contributed by atoms with Gasteiger partial charge in [-0.05, 0) is 41.8 Å². The van der Waals surface area contributed by atoms with E-state index in [0.29, 0.717) is 15.6 Å². The summed E-state index contributed by atoms with van der Waals surface area (Å²) >= 11 is 11.8. The first-order valence-electron chi connectivity index (χ1n) is 8.02. The van der Waals surface area contributed by atoms with Gasteiger partial charge in [-0.25, -0.2) is 13.1 Å². The maximum atomic E-state index is 12.1. The maximum absolute atomic E-state index is 12.1. The Morgan fingerprint density at radius 3 is 2.44 bits per heavy atom. The summed E-state index contributed by atoms with van der Waals surface area (Å²) in [5.41, 5.74) is 1.77. The molecule has 0 spiro atoms. The van der Waals surface area contributed by atoms with E-state index in [1.54, 1.807) is 12.1 Å². The Morgan fingerprint density at radius 1 is 1.08 bits per heavy atom. The van der Waals surface area contributed by atoms with Crippen molar-refractivity contribution in [1.29, 1.82) is 0 Å². The Labute approximate surface area is 159 Å². The van der Waals surface area contributed by atoms with E-state index < -0.39 is 10.0 Å². The fourth-order valence-corrected chi connectivity index (χ4v) is 4.01. The summed E-state index contributed by atoms with van der Waals surface area (Å²) in [5.74, 6) is 0.522. The minimum atomic E-state index is -3.50. The first-order chi connectivity index (χ1) is 11.9. The summed E-state index contributed by atoms with van der Waals surface area (Å²) in [4.78, 5) is 0. The van der Waals surface area contributed by atoms with Crippen molar-refractivity contribution in [2.24, 2.45) is 0 Å². The van der Waals surface area contributed by atoms with E-state index in [1.807, 2.05) is 24.3 Å². The fourth-order valence-electron chi connectivity index (χ4n) is 2.30. The van der Waals surface area contributed by atoms with Gasteiger partial charge in [-0.3, -0.25) is 0 Å². The van der Waals surface area contributed by atoms with Crippen LogP contribution in [0.1, 0.15) is 24.5 Å². The highest BCUT2D eigenvalue weighted by atomic mass is 35.5. The maximum Gasteiger partial charge on any atom is 0.215 e. The van der Waals surface area contributed by atoms with Crippen LogP contribution in [0.4, 0.5) is 0 Å². The van der Waals surface area contributed by atoms with Gasteiger partial charge in [0.1, 0.15) is 12.4 Å². The van der Waals surface area contributed by atoms with Gasteiger partial charge in [0.05, 0.1) is 5.75 Å². The van der Waals surface area contributed by atoms with Crippen molar-refractivity contribution in [3.63, 3.8) is 0 Å². The third-order valence-corrected chi connectivity index (χ3v) is 5.44. The Hall–Kier alpha value is -1.27. The SMILES string of the molecule is CCCc1ccc(OCCNS(=O)(=O)Cc2ccc(Cl)cc2Cl)cc1. The van der Waals surface area contributed by atoms with Crippen molar-refractivity contribution in [2.75, 3.05) is 13.2 Å². The molecule has 0 bridgehead atoms. The van der Waals surface area contributed by atoms with Crippen molar-refractivity contribution in [2.45, 2.75) is 25.5 Å². The molecule has 0 radical (unpaired) electrons. The molecule has 0 atom stereocenters. The van der Waals surface area contributed by atoms with Crippen LogP contribution in [0.3, 0.4) is 0 Å². The lowest BCUT2D eigenvalue weighted by molar-refractivity contribution is 0.322. The van der Waals surface area contributed by atoms with Gasteiger partial charge in [-0.1, -0.05) is 54.7 Å². The number of nitrogens with one attached hydrogen (secondary N) is 1. The molecule has 2 aromatic rings.